The maximum absolute atomic E-state index is 12.5. The van der Waals surface area contributed by atoms with E-state index in [1.54, 1.807) is 0 Å². The van der Waals surface area contributed by atoms with Gasteiger partial charge in [0.25, 0.3) is 0 Å². The Kier molecular flexibility index (Phi) is 6.12. The third-order valence-corrected chi connectivity index (χ3v) is 4.71. The van der Waals surface area contributed by atoms with E-state index in [-0.39, 0.29) is 11.8 Å². The van der Waals surface area contributed by atoms with Gasteiger partial charge in [-0.15, -0.1) is 0 Å². The van der Waals surface area contributed by atoms with Crippen LogP contribution >= 0.6 is 0 Å². The van der Waals surface area contributed by atoms with Crippen molar-refractivity contribution in [2.24, 2.45) is 21.9 Å². The minimum absolute atomic E-state index is 0.0736. The summed E-state index contributed by atoms with van der Waals surface area (Å²) in [7, 11) is 0. The lowest BCUT2D eigenvalue weighted by Crippen LogP contribution is -2.42. The van der Waals surface area contributed by atoms with Gasteiger partial charge in [0, 0.05) is 17.5 Å². The predicted molar refractivity (Wildman–Crippen MR) is 119 cm³/mol. The van der Waals surface area contributed by atoms with Crippen LogP contribution in [0.3, 0.4) is 0 Å². The van der Waals surface area contributed by atoms with E-state index in [9.17, 15) is 4.79 Å². The number of benzodiazepines with no additional fused rings is 1. The second-order valence-electron chi connectivity index (χ2n) is 7.43. The molecule has 0 saturated heterocycles. The fourth-order valence-corrected chi connectivity index (χ4v) is 3.38. The molecule has 0 radical (unpaired) electrons. The lowest BCUT2D eigenvalue weighted by Gasteiger charge is -2.28. The monoisotopic (exact) mass is 389 g/mol. The Labute approximate surface area is 171 Å². The smallest absolute Gasteiger partial charge is 0.222 e. The lowest BCUT2D eigenvalue weighted by atomic mass is 10.0. The highest BCUT2D eigenvalue weighted by Gasteiger charge is 2.30. The molecule has 0 spiro atoms. The number of amides is 1. The van der Waals surface area contributed by atoms with Crippen LogP contribution in [0.2, 0.25) is 0 Å². The highest BCUT2D eigenvalue weighted by molar-refractivity contribution is 6.19. The van der Waals surface area contributed by atoms with E-state index in [0.717, 1.165) is 22.5 Å². The molecule has 2 aromatic carbocycles. The summed E-state index contributed by atoms with van der Waals surface area (Å²) in [5.74, 6) is 6.35. The average molecular weight is 390 g/mol. The maximum Gasteiger partial charge on any atom is 0.222 e. The van der Waals surface area contributed by atoms with Gasteiger partial charge in [0.1, 0.15) is 5.84 Å². The summed E-state index contributed by atoms with van der Waals surface area (Å²) in [4.78, 5) is 19.3. The molecule has 1 heterocycles. The van der Waals surface area contributed by atoms with Crippen molar-refractivity contribution >= 4 is 23.1 Å². The predicted octanol–water partition coefficient (Wildman–Crippen LogP) is 3.64. The molecule has 6 heteroatoms. The van der Waals surface area contributed by atoms with Crippen LogP contribution in [-0.2, 0) is 4.79 Å². The summed E-state index contributed by atoms with van der Waals surface area (Å²) in [6.07, 6.45) is -0.225. The number of carbonyl (C=O) groups excluding carboxylic acids is 1. The summed E-state index contributed by atoms with van der Waals surface area (Å²) in [6.45, 7) is 10.1. The van der Waals surface area contributed by atoms with E-state index in [1.807, 2.05) is 80.3 Å². The Hall–Kier alpha value is -3.41. The number of hydrazone groups is 1. The molecule has 3 rings (SSSR count). The number of anilines is 1. The van der Waals surface area contributed by atoms with Crippen molar-refractivity contribution in [3.8, 4) is 0 Å². The number of hydrogen-bond donors (Lipinski definition) is 2. The first-order valence-electron chi connectivity index (χ1n) is 9.67. The van der Waals surface area contributed by atoms with Crippen molar-refractivity contribution in [2.75, 3.05) is 4.90 Å². The second-order valence-corrected chi connectivity index (χ2v) is 7.43. The fraction of sp³-hybridized carbons (Fsp3) is 0.261. The van der Waals surface area contributed by atoms with Gasteiger partial charge in [-0.25, -0.2) is 0 Å². The number of rotatable bonds is 4. The van der Waals surface area contributed by atoms with E-state index in [0.29, 0.717) is 18.0 Å². The van der Waals surface area contributed by atoms with Crippen molar-refractivity contribution in [1.29, 1.82) is 0 Å². The minimum atomic E-state index is -0.638. The molecule has 1 aliphatic heterocycles. The Morgan fingerprint density at radius 3 is 2.52 bits per heavy atom. The number of para-hydroxylation sites is 1. The van der Waals surface area contributed by atoms with E-state index >= 15 is 0 Å². The van der Waals surface area contributed by atoms with Crippen LogP contribution in [0, 0.1) is 5.92 Å². The molecular formula is C23H27N5O. The van der Waals surface area contributed by atoms with Gasteiger partial charge in [0.2, 0.25) is 5.91 Å². The first kappa shape index (κ1) is 20.3. The Morgan fingerprint density at radius 1 is 1.21 bits per heavy atom. The van der Waals surface area contributed by atoms with Crippen LogP contribution in [0.5, 0.6) is 0 Å². The number of carbonyl (C=O) groups is 1. The van der Waals surface area contributed by atoms with Gasteiger partial charge in [-0.05, 0) is 18.9 Å². The molecule has 29 heavy (non-hydrogen) atoms. The minimum Gasteiger partial charge on any atom is -0.329 e. The SMILES string of the molecule is C=C1C(NC(=O)CC(C)C)N=C(c2ccccc2)c2ccccc2N1/C(C)=N\N. The highest BCUT2D eigenvalue weighted by Crippen LogP contribution is 2.32. The number of hydrogen-bond acceptors (Lipinski definition) is 4. The van der Waals surface area contributed by atoms with Crippen LogP contribution in [0.25, 0.3) is 0 Å². The molecule has 0 aliphatic carbocycles. The van der Waals surface area contributed by atoms with Crippen molar-refractivity contribution in [3.05, 3.63) is 78.0 Å². The molecule has 1 unspecified atom stereocenters. The lowest BCUT2D eigenvalue weighted by molar-refractivity contribution is -0.122. The number of aliphatic imine (C=N–C) groups is 1. The standard InChI is InChI=1S/C23H27N5O/c1-15(2)14-21(29)25-23-16(3)28(17(4)27-24)20-13-9-8-12-19(20)22(26-23)18-10-6-5-7-11-18/h5-13,15,23H,3,14,24H2,1-2,4H3,(H,25,29)/b27-17-. The van der Waals surface area contributed by atoms with Gasteiger partial charge >= 0.3 is 0 Å². The molecule has 1 atom stereocenters. The number of nitrogens with zero attached hydrogens (tertiary/aromatic N) is 3. The summed E-state index contributed by atoms with van der Waals surface area (Å²) < 4.78 is 0. The number of benzene rings is 2. The zero-order valence-electron chi connectivity index (χ0n) is 17.1. The first-order valence-corrected chi connectivity index (χ1v) is 9.67. The first-order chi connectivity index (χ1) is 13.9. The van der Waals surface area contributed by atoms with Crippen LogP contribution in [0.4, 0.5) is 5.69 Å². The zero-order chi connectivity index (χ0) is 21.0. The van der Waals surface area contributed by atoms with Gasteiger partial charge in [-0.2, -0.15) is 5.10 Å². The quantitative estimate of drug-likeness (QED) is 0.362. The van der Waals surface area contributed by atoms with Crippen LogP contribution in [0.1, 0.15) is 38.3 Å². The molecule has 0 aromatic heterocycles. The number of fused-ring (bicyclic) bond motifs is 1. The van der Waals surface area contributed by atoms with Crippen molar-refractivity contribution in [2.45, 2.75) is 33.4 Å². The van der Waals surface area contributed by atoms with Crippen molar-refractivity contribution in [3.63, 3.8) is 0 Å². The Balaban J connectivity index is 2.17. The third-order valence-electron chi connectivity index (χ3n) is 4.71. The summed E-state index contributed by atoms with van der Waals surface area (Å²) in [6, 6.07) is 17.8. The van der Waals surface area contributed by atoms with Crippen LogP contribution in [-0.4, -0.2) is 23.6 Å². The average Bonchev–Trinajstić information content (AvgIpc) is 2.82. The summed E-state index contributed by atoms with van der Waals surface area (Å²) in [5.41, 5.74) is 4.12. The van der Waals surface area contributed by atoms with Crippen LogP contribution < -0.4 is 16.1 Å². The number of nitrogens with two attached hydrogens (primary N) is 1. The second kappa shape index (κ2) is 8.73. The zero-order valence-corrected chi connectivity index (χ0v) is 17.1. The van der Waals surface area contributed by atoms with E-state index in [2.05, 4.69) is 17.0 Å². The molecular weight excluding hydrogens is 362 g/mol. The Morgan fingerprint density at radius 2 is 1.86 bits per heavy atom. The van der Waals surface area contributed by atoms with Crippen molar-refractivity contribution in [1.82, 2.24) is 5.32 Å². The molecule has 0 bridgehead atoms. The fourth-order valence-electron chi connectivity index (χ4n) is 3.38. The largest absolute Gasteiger partial charge is 0.329 e. The van der Waals surface area contributed by atoms with Crippen molar-refractivity contribution < 1.29 is 4.79 Å². The van der Waals surface area contributed by atoms with Gasteiger partial charge in [-0.1, -0.05) is 69.0 Å². The van der Waals surface area contributed by atoms with Gasteiger partial charge in [0.05, 0.1) is 17.1 Å². The molecule has 3 N–H and O–H groups in total. The molecule has 6 nitrogen and oxygen atoms in total. The summed E-state index contributed by atoms with van der Waals surface area (Å²) in [5, 5.41) is 6.90. The molecule has 2 aromatic rings. The molecule has 1 aliphatic rings. The van der Waals surface area contributed by atoms with E-state index < -0.39 is 6.17 Å². The summed E-state index contributed by atoms with van der Waals surface area (Å²) >= 11 is 0. The van der Waals surface area contributed by atoms with E-state index in [4.69, 9.17) is 10.8 Å². The molecule has 1 amide bonds. The topological polar surface area (TPSA) is 83.1 Å². The Bertz CT molecular complexity index is 962. The normalized spacial score (nSPS) is 16.9. The molecule has 0 saturated carbocycles. The van der Waals surface area contributed by atoms with Crippen LogP contribution in [0.15, 0.2) is 77.0 Å². The van der Waals surface area contributed by atoms with Gasteiger partial charge in [0.15, 0.2) is 6.17 Å². The van der Waals surface area contributed by atoms with Gasteiger partial charge < -0.3 is 11.2 Å². The van der Waals surface area contributed by atoms with E-state index in [1.165, 1.54) is 0 Å². The number of amidine groups is 1. The highest BCUT2D eigenvalue weighted by atomic mass is 16.1. The van der Waals surface area contributed by atoms with Gasteiger partial charge in [-0.3, -0.25) is 14.7 Å². The maximum atomic E-state index is 12.5. The third kappa shape index (κ3) is 4.37. The number of nitrogens with one attached hydrogen (secondary N) is 1. The molecule has 150 valence electrons. The molecule has 0 fully saturated rings.